The smallest absolute Gasteiger partial charge is 0.317 e. The third-order valence-corrected chi connectivity index (χ3v) is 4.79. The molecule has 1 unspecified atom stereocenters. The van der Waals surface area contributed by atoms with Gasteiger partial charge in [0.15, 0.2) is 0 Å². The lowest BCUT2D eigenvalue weighted by Crippen LogP contribution is -2.49. The summed E-state index contributed by atoms with van der Waals surface area (Å²) in [7, 11) is 0. The van der Waals surface area contributed by atoms with Crippen LogP contribution in [0.25, 0.3) is 0 Å². The molecule has 9 nitrogen and oxygen atoms in total. The van der Waals surface area contributed by atoms with E-state index in [1.807, 2.05) is 35.2 Å². The van der Waals surface area contributed by atoms with E-state index in [0.717, 1.165) is 5.56 Å². The van der Waals surface area contributed by atoms with Crippen molar-refractivity contribution in [3.63, 3.8) is 0 Å². The average molecular weight is 393 g/mol. The standard InChI is InChI=1S/C19H27N3O6/c23-17(24)12-20-6-7-21(13-18(25)26)11-16(10-15-4-2-1-3-5-15)22(9-8-20)14-19(27)28/h1-5,16H,6-14H2,(H,23,24)(H,25,26)(H,27,28). The van der Waals surface area contributed by atoms with Crippen LogP contribution in [0.15, 0.2) is 30.3 Å². The lowest BCUT2D eigenvalue weighted by atomic mass is 10.0. The normalized spacial score (nSPS) is 20.1. The third kappa shape index (κ3) is 7.63. The van der Waals surface area contributed by atoms with Crippen molar-refractivity contribution in [3.8, 4) is 0 Å². The molecule has 0 bridgehead atoms. The van der Waals surface area contributed by atoms with Crippen LogP contribution in [-0.4, -0.2) is 106 Å². The fourth-order valence-corrected chi connectivity index (χ4v) is 3.50. The van der Waals surface area contributed by atoms with Crippen molar-refractivity contribution < 1.29 is 29.7 Å². The molecule has 0 radical (unpaired) electrons. The summed E-state index contributed by atoms with van der Waals surface area (Å²) in [6.45, 7) is 1.51. The quantitative estimate of drug-likeness (QED) is 0.550. The van der Waals surface area contributed by atoms with Crippen molar-refractivity contribution >= 4 is 17.9 Å². The molecular weight excluding hydrogens is 366 g/mol. The van der Waals surface area contributed by atoms with Gasteiger partial charge in [-0.2, -0.15) is 0 Å². The van der Waals surface area contributed by atoms with Gasteiger partial charge in [-0.05, 0) is 12.0 Å². The Hall–Kier alpha value is -2.49. The van der Waals surface area contributed by atoms with Gasteiger partial charge in [0, 0.05) is 38.8 Å². The van der Waals surface area contributed by atoms with E-state index in [2.05, 4.69) is 0 Å². The van der Waals surface area contributed by atoms with Gasteiger partial charge >= 0.3 is 17.9 Å². The summed E-state index contributed by atoms with van der Waals surface area (Å²) in [5.74, 6) is -2.89. The molecule has 1 aromatic carbocycles. The fourth-order valence-electron chi connectivity index (χ4n) is 3.50. The van der Waals surface area contributed by atoms with Crippen LogP contribution in [0.4, 0.5) is 0 Å². The molecular formula is C19H27N3O6. The Balaban J connectivity index is 2.25. The maximum atomic E-state index is 11.4. The van der Waals surface area contributed by atoms with E-state index >= 15 is 0 Å². The number of nitrogens with zero attached hydrogens (tertiary/aromatic N) is 3. The Labute approximate surface area is 163 Å². The number of hydrogen-bond acceptors (Lipinski definition) is 6. The van der Waals surface area contributed by atoms with E-state index in [1.165, 1.54) is 0 Å². The van der Waals surface area contributed by atoms with Gasteiger partial charge in [0.25, 0.3) is 0 Å². The third-order valence-electron chi connectivity index (χ3n) is 4.79. The number of benzene rings is 1. The summed E-state index contributed by atoms with van der Waals surface area (Å²) >= 11 is 0. The molecule has 0 aromatic heterocycles. The van der Waals surface area contributed by atoms with Crippen molar-refractivity contribution in [3.05, 3.63) is 35.9 Å². The molecule has 0 amide bonds. The van der Waals surface area contributed by atoms with Gasteiger partial charge in [-0.15, -0.1) is 0 Å². The van der Waals surface area contributed by atoms with Crippen LogP contribution in [0.2, 0.25) is 0 Å². The molecule has 1 saturated heterocycles. The summed E-state index contributed by atoms with van der Waals surface area (Å²) in [6.07, 6.45) is 0.586. The van der Waals surface area contributed by atoms with Crippen molar-refractivity contribution in [1.29, 1.82) is 0 Å². The lowest BCUT2D eigenvalue weighted by Gasteiger charge is -2.33. The topological polar surface area (TPSA) is 122 Å². The molecule has 0 aliphatic carbocycles. The predicted octanol–water partition coefficient (Wildman–Crippen LogP) is -0.229. The van der Waals surface area contributed by atoms with Gasteiger partial charge in [-0.1, -0.05) is 30.3 Å². The van der Waals surface area contributed by atoms with Crippen LogP contribution in [0, 0.1) is 0 Å². The Kier molecular flexibility index (Phi) is 8.37. The minimum absolute atomic E-state index is 0.162. The van der Waals surface area contributed by atoms with Gasteiger partial charge in [0.2, 0.25) is 0 Å². The van der Waals surface area contributed by atoms with E-state index in [9.17, 15) is 24.6 Å². The second-order valence-corrected chi connectivity index (χ2v) is 7.01. The van der Waals surface area contributed by atoms with Crippen molar-refractivity contribution in [2.45, 2.75) is 12.5 Å². The Bertz CT molecular complexity index is 669. The molecule has 1 aliphatic heterocycles. The van der Waals surface area contributed by atoms with Gasteiger partial charge in [0.1, 0.15) is 0 Å². The first-order chi connectivity index (χ1) is 13.3. The van der Waals surface area contributed by atoms with Crippen LogP contribution < -0.4 is 0 Å². The highest BCUT2D eigenvalue weighted by Gasteiger charge is 2.27. The molecule has 1 aromatic rings. The SMILES string of the molecule is O=C(O)CN1CCN(CC(=O)O)CC(Cc2ccccc2)N(CC(=O)O)CC1. The van der Waals surface area contributed by atoms with Gasteiger partial charge in [-0.3, -0.25) is 29.1 Å². The molecule has 1 aliphatic rings. The van der Waals surface area contributed by atoms with E-state index < -0.39 is 17.9 Å². The summed E-state index contributed by atoms with van der Waals surface area (Å²) in [4.78, 5) is 39.1. The highest BCUT2D eigenvalue weighted by molar-refractivity contribution is 5.70. The van der Waals surface area contributed by atoms with Crippen LogP contribution in [-0.2, 0) is 20.8 Å². The summed E-state index contributed by atoms with van der Waals surface area (Å²) in [5, 5.41) is 27.7. The maximum absolute atomic E-state index is 11.4. The Morgan fingerprint density at radius 3 is 1.93 bits per heavy atom. The molecule has 9 heteroatoms. The first-order valence-electron chi connectivity index (χ1n) is 9.21. The zero-order valence-electron chi connectivity index (χ0n) is 15.7. The van der Waals surface area contributed by atoms with Crippen molar-refractivity contribution in [2.24, 2.45) is 0 Å². The van der Waals surface area contributed by atoms with E-state index in [0.29, 0.717) is 39.1 Å². The molecule has 0 spiro atoms. The molecule has 2 rings (SSSR count). The van der Waals surface area contributed by atoms with Crippen LogP contribution in [0.5, 0.6) is 0 Å². The zero-order chi connectivity index (χ0) is 20.5. The van der Waals surface area contributed by atoms with Gasteiger partial charge < -0.3 is 15.3 Å². The maximum Gasteiger partial charge on any atom is 0.317 e. The van der Waals surface area contributed by atoms with Crippen LogP contribution in [0.1, 0.15) is 5.56 Å². The van der Waals surface area contributed by atoms with E-state index in [1.54, 1.807) is 9.80 Å². The van der Waals surface area contributed by atoms with Crippen molar-refractivity contribution in [2.75, 3.05) is 52.4 Å². The predicted molar refractivity (Wildman–Crippen MR) is 101 cm³/mol. The first kappa shape index (κ1) is 21.8. The number of rotatable bonds is 8. The second kappa shape index (κ2) is 10.7. The van der Waals surface area contributed by atoms with Crippen LogP contribution >= 0.6 is 0 Å². The van der Waals surface area contributed by atoms with Crippen LogP contribution in [0.3, 0.4) is 0 Å². The molecule has 1 heterocycles. The van der Waals surface area contributed by atoms with Gasteiger partial charge in [-0.25, -0.2) is 0 Å². The number of carbonyl (C=O) groups is 3. The highest BCUT2D eigenvalue weighted by atomic mass is 16.4. The Morgan fingerprint density at radius 2 is 1.32 bits per heavy atom. The number of hydrogen-bond donors (Lipinski definition) is 3. The summed E-state index contributed by atoms with van der Waals surface area (Å²) in [5.41, 5.74) is 1.04. The lowest BCUT2D eigenvalue weighted by molar-refractivity contribution is -0.140. The molecule has 1 fully saturated rings. The second-order valence-electron chi connectivity index (χ2n) is 7.01. The average Bonchev–Trinajstić information content (AvgIpc) is 2.67. The summed E-state index contributed by atoms with van der Waals surface area (Å²) < 4.78 is 0. The minimum atomic E-state index is -0.966. The summed E-state index contributed by atoms with van der Waals surface area (Å²) in [6, 6.07) is 9.46. The Morgan fingerprint density at radius 1 is 0.786 bits per heavy atom. The molecule has 28 heavy (non-hydrogen) atoms. The van der Waals surface area contributed by atoms with E-state index in [4.69, 9.17) is 5.11 Å². The molecule has 154 valence electrons. The monoisotopic (exact) mass is 393 g/mol. The molecule has 3 N–H and O–H groups in total. The molecule has 1 atom stereocenters. The van der Waals surface area contributed by atoms with Crippen molar-refractivity contribution in [1.82, 2.24) is 14.7 Å². The van der Waals surface area contributed by atoms with Gasteiger partial charge in [0.05, 0.1) is 19.6 Å². The fraction of sp³-hybridized carbons (Fsp3) is 0.526. The highest BCUT2D eigenvalue weighted by Crippen LogP contribution is 2.13. The first-order valence-corrected chi connectivity index (χ1v) is 9.21. The van der Waals surface area contributed by atoms with E-state index in [-0.39, 0.29) is 25.7 Å². The number of aliphatic carboxylic acids is 3. The number of carboxylic acid groups (broad SMARTS) is 3. The zero-order valence-corrected chi connectivity index (χ0v) is 15.7. The molecule has 0 saturated carbocycles. The number of carboxylic acids is 3. The largest absolute Gasteiger partial charge is 0.480 e. The minimum Gasteiger partial charge on any atom is -0.480 e.